The fraction of sp³-hybridized carbons (Fsp3) is 0.200. The van der Waals surface area contributed by atoms with E-state index >= 15 is 0 Å². The van der Waals surface area contributed by atoms with Crippen LogP contribution in [0.3, 0.4) is 0 Å². The molecule has 1 aliphatic rings. The molecule has 0 fully saturated rings. The van der Waals surface area contributed by atoms with Crippen LogP contribution < -0.4 is 0 Å². The lowest BCUT2D eigenvalue weighted by molar-refractivity contribution is 0.413. The molecule has 0 saturated carbocycles. The van der Waals surface area contributed by atoms with Gasteiger partial charge < -0.3 is 5.11 Å². The minimum absolute atomic E-state index is 0.257. The molecule has 102 valence electrons. The molecule has 3 rings (SSSR count). The van der Waals surface area contributed by atoms with Crippen LogP contribution in [0, 0.1) is 3.95 Å². The number of aromatic hydroxyl groups is 1. The number of para-hydroxylation sites is 1. The first kappa shape index (κ1) is 13.3. The van der Waals surface area contributed by atoms with Gasteiger partial charge in [-0.25, -0.2) is 0 Å². The number of thiazole rings is 1. The lowest BCUT2D eigenvalue weighted by atomic mass is 10.1. The van der Waals surface area contributed by atoms with Gasteiger partial charge in [-0.15, -0.1) is 11.3 Å². The summed E-state index contributed by atoms with van der Waals surface area (Å²) in [6.07, 6.45) is 4.73. The maximum atomic E-state index is 10.3. The molecular weight excluding hydrogens is 288 g/mol. The van der Waals surface area contributed by atoms with Crippen LogP contribution in [0.5, 0.6) is 5.88 Å². The molecule has 3 nitrogen and oxygen atoms in total. The van der Waals surface area contributed by atoms with Crippen molar-refractivity contribution in [2.24, 2.45) is 4.99 Å². The number of allylic oxidation sites excluding steroid dienone is 1. The monoisotopic (exact) mass is 302 g/mol. The molecule has 5 heteroatoms. The van der Waals surface area contributed by atoms with Crippen molar-refractivity contribution < 1.29 is 5.11 Å². The molecule has 0 unspecified atom stereocenters. The maximum Gasteiger partial charge on any atom is 0.210 e. The van der Waals surface area contributed by atoms with E-state index in [1.165, 1.54) is 11.3 Å². The minimum atomic E-state index is 0.257. The molecule has 0 bridgehead atoms. The number of hydrogen-bond acceptors (Lipinski definition) is 4. The van der Waals surface area contributed by atoms with Crippen LogP contribution in [0.2, 0.25) is 0 Å². The first-order chi connectivity index (χ1) is 9.70. The highest BCUT2D eigenvalue weighted by molar-refractivity contribution is 7.73. The van der Waals surface area contributed by atoms with Crippen molar-refractivity contribution in [2.45, 2.75) is 19.9 Å². The molecule has 1 aromatic carbocycles. The topological polar surface area (TPSA) is 37.5 Å². The summed E-state index contributed by atoms with van der Waals surface area (Å²) >= 11 is 6.74. The van der Waals surface area contributed by atoms with Gasteiger partial charge in [-0.05, 0) is 30.8 Å². The van der Waals surface area contributed by atoms with Gasteiger partial charge in [-0.1, -0.05) is 25.1 Å². The van der Waals surface area contributed by atoms with E-state index < -0.39 is 0 Å². The SMILES string of the molecule is CCCn1c(O)c(C=C2C=Nc3ccccc32)sc1=S. The Kier molecular flexibility index (Phi) is 3.54. The van der Waals surface area contributed by atoms with Gasteiger partial charge in [-0.2, -0.15) is 0 Å². The van der Waals surface area contributed by atoms with E-state index in [2.05, 4.69) is 11.9 Å². The van der Waals surface area contributed by atoms with E-state index in [0.29, 0.717) is 3.95 Å². The summed E-state index contributed by atoms with van der Waals surface area (Å²) in [5, 5.41) is 10.3. The molecule has 1 N–H and O–H groups in total. The minimum Gasteiger partial charge on any atom is -0.493 e. The predicted molar refractivity (Wildman–Crippen MR) is 87.6 cm³/mol. The lowest BCUT2D eigenvalue weighted by Crippen LogP contribution is -1.94. The Bertz CT molecular complexity index is 768. The molecule has 20 heavy (non-hydrogen) atoms. The first-order valence-corrected chi connectivity index (χ1v) is 7.71. The summed E-state index contributed by atoms with van der Waals surface area (Å²) in [5.74, 6) is 0.257. The third-order valence-corrected chi connectivity index (χ3v) is 4.57. The molecular formula is C15H14N2OS2. The standard InChI is InChI=1S/C15H14N2OS2/c1-2-7-17-14(18)13(20-15(17)19)8-10-9-16-12-6-4-3-5-11(10)12/h3-6,8-9,18H,2,7H2,1H3. The van der Waals surface area contributed by atoms with Crippen molar-refractivity contribution in [1.82, 2.24) is 4.57 Å². The van der Waals surface area contributed by atoms with Crippen LogP contribution >= 0.6 is 23.6 Å². The number of benzene rings is 1. The van der Waals surface area contributed by atoms with E-state index in [-0.39, 0.29) is 5.88 Å². The van der Waals surface area contributed by atoms with Crippen molar-refractivity contribution in [3.63, 3.8) is 0 Å². The highest BCUT2D eigenvalue weighted by Crippen LogP contribution is 2.35. The number of nitrogens with zero attached hydrogens (tertiary/aromatic N) is 2. The number of hydrogen-bond donors (Lipinski definition) is 1. The molecule has 2 aromatic rings. The first-order valence-electron chi connectivity index (χ1n) is 6.48. The summed E-state index contributed by atoms with van der Waals surface area (Å²) in [6, 6.07) is 7.98. The number of fused-ring (bicyclic) bond motifs is 1. The molecule has 0 radical (unpaired) electrons. The van der Waals surface area contributed by atoms with E-state index in [0.717, 1.165) is 34.7 Å². The second kappa shape index (κ2) is 5.34. The Morgan fingerprint density at radius 1 is 1.40 bits per heavy atom. The zero-order valence-electron chi connectivity index (χ0n) is 11.0. The average molecular weight is 302 g/mol. The van der Waals surface area contributed by atoms with Crippen LogP contribution in [-0.2, 0) is 6.54 Å². The quantitative estimate of drug-likeness (QED) is 0.838. The number of rotatable bonds is 3. The summed E-state index contributed by atoms with van der Waals surface area (Å²) < 4.78 is 2.49. The maximum absolute atomic E-state index is 10.3. The Morgan fingerprint density at radius 2 is 2.20 bits per heavy atom. The van der Waals surface area contributed by atoms with Crippen LogP contribution in [0.15, 0.2) is 29.3 Å². The second-order valence-corrected chi connectivity index (χ2v) is 6.26. The zero-order chi connectivity index (χ0) is 14.1. The fourth-order valence-corrected chi connectivity index (χ4v) is 3.53. The summed E-state index contributed by atoms with van der Waals surface area (Å²) in [4.78, 5) is 5.16. The van der Waals surface area contributed by atoms with Crippen molar-refractivity contribution in [3.05, 3.63) is 38.7 Å². The molecule has 2 heterocycles. The lowest BCUT2D eigenvalue weighted by Gasteiger charge is -2.02. The van der Waals surface area contributed by atoms with Crippen LogP contribution in [0.25, 0.3) is 11.6 Å². The fourth-order valence-electron chi connectivity index (χ4n) is 2.22. The molecule has 0 amide bonds. The van der Waals surface area contributed by atoms with Gasteiger partial charge in [0.25, 0.3) is 0 Å². The highest BCUT2D eigenvalue weighted by Gasteiger charge is 2.14. The number of aliphatic imine (C=N–C) groups is 1. The smallest absolute Gasteiger partial charge is 0.210 e. The average Bonchev–Trinajstić information content (AvgIpc) is 2.97. The number of aromatic nitrogens is 1. The van der Waals surface area contributed by atoms with Gasteiger partial charge >= 0.3 is 0 Å². The van der Waals surface area contributed by atoms with Crippen LogP contribution in [0.1, 0.15) is 23.8 Å². The van der Waals surface area contributed by atoms with Gasteiger partial charge in [0.05, 0.1) is 10.6 Å². The van der Waals surface area contributed by atoms with Crippen LogP contribution in [-0.4, -0.2) is 15.9 Å². The van der Waals surface area contributed by atoms with Gasteiger partial charge in [0.1, 0.15) is 0 Å². The molecule has 1 aromatic heterocycles. The normalized spacial score (nSPS) is 14.9. The Labute approximate surface area is 126 Å². The van der Waals surface area contributed by atoms with Crippen LogP contribution in [0.4, 0.5) is 5.69 Å². The molecule has 0 saturated heterocycles. The van der Waals surface area contributed by atoms with Crippen molar-refractivity contribution in [1.29, 1.82) is 0 Å². The van der Waals surface area contributed by atoms with Gasteiger partial charge in [0.15, 0.2) is 3.95 Å². The summed E-state index contributed by atoms with van der Waals surface area (Å²) in [7, 11) is 0. The molecule has 1 aliphatic heterocycles. The van der Waals surface area contributed by atoms with E-state index in [1.807, 2.05) is 36.6 Å². The molecule has 0 aliphatic carbocycles. The molecule has 0 spiro atoms. The van der Waals surface area contributed by atoms with Crippen molar-refractivity contribution >= 4 is 47.1 Å². The Balaban J connectivity index is 2.05. The van der Waals surface area contributed by atoms with Crippen molar-refractivity contribution in [3.8, 4) is 5.88 Å². The summed E-state index contributed by atoms with van der Waals surface area (Å²) in [5.41, 5.74) is 3.07. The third-order valence-electron chi connectivity index (χ3n) is 3.19. The zero-order valence-corrected chi connectivity index (χ0v) is 12.7. The van der Waals surface area contributed by atoms with Crippen molar-refractivity contribution in [2.75, 3.05) is 0 Å². The largest absolute Gasteiger partial charge is 0.493 e. The predicted octanol–water partition coefficient (Wildman–Crippen LogP) is 4.65. The van der Waals surface area contributed by atoms with E-state index in [9.17, 15) is 5.11 Å². The Hall–Kier alpha value is -1.72. The van der Waals surface area contributed by atoms with E-state index in [4.69, 9.17) is 12.2 Å². The molecule has 0 atom stereocenters. The van der Waals surface area contributed by atoms with Gasteiger partial charge in [0, 0.05) is 23.9 Å². The summed E-state index contributed by atoms with van der Waals surface area (Å²) in [6.45, 7) is 2.81. The van der Waals surface area contributed by atoms with E-state index in [1.54, 1.807) is 4.57 Å². The second-order valence-electron chi connectivity index (χ2n) is 4.58. The van der Waals surface area contributed by atoms with Gasteiger partial charge in [0.2, 0.25) is 5.88 Å². The Morgan fingerprint density at radius 3 is 3.00 bits per heavy atom. The highest BCUT2D eigenvalue weighted by atomic mass is 32.1. The third kappa shape index (κ3) is 2.23. The van der Waals surface area contributed by atoms with Gasteiger partial charge in [-0.3, -0.25) is 9.56 Å².